The summed E-state index contributed by atoms with van der Waals surface area (Å²) in [6.45, 7) is 8.15. The summed E-state index contributed by atoms with van der Waals surface area (Å²) in [7, 11) is 0. The molecule has 6 aliphatic rings. The number of hydrogen-bond acceptors (Lipinski definition) is 10. The quantitative estimate of drug-likeness (QED) is 0.122. The van der Waals surface area contributed by atoms with Crippen molar-refractivity contribution in [2.45, 2.75) is 165 Å². The van der Waals surface area contributed by atoms with Gasteiger partial charge in [0, 0.05) is 37.2 Å². The topological polar surface area (TPSA) is 161 Å². The Labute approximate surface area is 344 Å². The zero-order valence-corrected chi connectivity index (χ0v) is 34.5. The summed E-state index contributed by atoms with van der Waals surface area (Å²) in [6, 6.07) is 0. The third kappa shape index (κ3) is 13.6. The van der Waals surface area contributed by atoms with Crippen LogP contribution in [0.2, 0.25) is 0 Å². The molecule has 6 aliphatic heterocycles. The predicted octanol–water partition coefficient (Wildman–Crippen LogP) is 6.80. The summed E-state index contributed by atoms with van der Waals surface area (Å²) >= 11 is 0. The minimum atomic E-state index is -1.18. The number of carbonyl (C=O) groups is 2. The number of carboxylic acid groups (broad SMARTS) is 1. The number of aliphatic hydroxyl groups excluding tert-OH is 3. The van der Waals surface area contributed by atoms with E-state index in [2.05, 4.69) is 32.1 Å². The zero-order chi connectivity index (χ0) is 41.6. The van der Waals surface area contributed by atoms with E-state index in [9.17, 15) is 24.9 Å². The predicted molar refractivity (Wildman–Crippen MR) is 222 cm³/mol. The number of hydrogen-bond donors (Lipinski definition) is 4. The first-order valence-electron chi connectivity index (χ1n) is 21.3. The number of unbranched alkanes of at least 4 members (excludes halogenated alkanes) is 1. The third-order valence-corrected chi connectivity index (χ3v) is 12.0. The first kappa shape index (κ1) is 45.7. The smallest absolute Gasteiger partial charge is 0.331 e. The molecular formula is C47H66O11. The van der Waals surface area contributed by atoms with Gasteiger partial charge < -0.3 is 44.1 Å². The summed E-state index contributed by atoms with van der Waals surface area (Å²) in [4.78, 5) is 23.9. The second-order valence-corrected chi connectivity index (χ2v) is 16.6. The van der Waals surface area contributed by atoms with Crippen molar-refractivity contribution in [2.24, 2.45) is 17.8 Å². The molecule has 4 N–H and O–H groups in total. The molecule has 7 bridgehead atoms. The maximum atomic E-state index is 13.0. The van der Waals surface area contributed by atoms with Crippen molar-refractivity contribution < 1.29 is 53.7 Å². The van der Waals surface area contributed by atoms with Crippen LogP contribution in [-0.4, -0.2) is 106 Å². The Morgan fingerprint density at radius 1 is 0.759 bits per heavy atom. The molecule has 0 aromatic heterocycles. The molecule has 0 amide bonds. The molecule has 3 saturated heterocycles. The molecule has 0 spiro atoms. The lowest BCUT2D eigenvalue weighted by Crippen LogP contribution is -2.50. The lowest BCUT2D eigenvalue weighted by atomic mass is 9.85. The van der Waals surface area contributed by atoms with Crippen molar-refractivity contribution in [1.82, 2.24) is 0 Å². The number of aliphatic carboxylic acids is 1. The molecular weight excluding hydrogens is 741 g/mol. The fourth-order valence-electron chi connectivity index (χ4n) is 8.38. The lowest BCUT2D eigenvalue weighted by Gasteiger charge is -2.40. The van der Waals surface area contributed by atoms with Crippen molar-refractivity contribution in [3.63, 3.8) is 0 Å². The van der Waals surface area contributed by atoms with Crippen LogP contribution in [0, 0.1) is 17.8 Å². The van der Waals surface area contributed by atoms with Crippen molar-refractivity contribution in [1.29, 1.82) is 0 Å². The second-order valence-electron chi connectivity index (χ2n) is 16.6. The molecule has 6 heterocycles. The third-order valence-electron chi connectivity index (χ3n) is 12.0. The lowest BCUT2D eigenvalue weighted by molar-refractivity contribution is -0.175. The molecule has 15 unspecified atom stereocenters. The average molecular weight is 807 g/mol. The maximum absolute atomic E-state index is 13.0. The highest BCUT2D eigenvalue weighted by molar-refractivity contribution is 5.82. The van der Waals surface area contributed by atoms with Crippen LogP contribution in [0.5, 0.6) is 0 Å². The summed E-state index contributed by atoms with van der Waals surface area (Å²) in [5.74, 6) is -1.09. The molecule has 0 aliphatic carbocycles. The van der Waals surface area contributed by atoms with Gasteiger partial charge in [-0.2, -0.15) is 0 Å². The minimum absolute atomic E-state index is 0.0508. The van der Waals surface area contributed by atoms with Gasteiger partial charge in [-0.25, -0.2) is 4.79 Å². The van der Waals surface area contributed by atoms with Gasteiger partial charge in [0.15, 0.2) is 6.10 Å². The SMILES string of the molecule is CC(=CC(C)CCCCC(=O)O)C1OC2C=CC1OC(=O)/C=C/C=CC=CC1OC3CC1OC(C=CCC1OC(CC(O)C1C)C(O)C(O)C=CCCC=CC2)C3C. The molecule has 0 saturated carbocycles. The number of carboxylic acids is 1. The van der Waals surface area contributed by atoms with Gasteiger partial charge in [0.2, 0.25) is 0 Å². The monoisotopic (exact) mass is 806 g/mol. The van der Waals surface area contributed by atoms with Gasteiger partial charge in [-0.05, 0) is 63.0 Å². The molecule has 3 fully saturated rings. The standard InChI is InChI=1S/C47H66O11/c1-30(17-14-15-23-44(50)51)27-31(2)47-40-26-25-34(54-47)18-10-6-5-7-11-19-35(48)46(53)43-28-36(49)32(3)37(56-43)21-16-22-38-33(4)41-29-42(55-38)39(57-41)20-12-8-9-13-24-45(52)58-40/h6,8-13,16,19-20,22,24-27,30,32-43,46-49,53H,5,7,14-15,17-18,21,23,28-29H2,1-4H3,(H,50,51)/b9-8?,10-6?,19-11?,20-12?,22-16?,24-13+,31-27?. The van der Waals surface area contributed by atoms with E-state index in [1.54, 1.807) is 18.2 Å². The highest BCUT2D eigenvalue weighted by atomic mass is 16.6. The van der Waals surface area contributed by atoms with E-state index in [0.29, 0.717) is 25.7 Å². The number of fused-ring (bicyclic) bond motifs is 13. The number of ether oxygens (including phenoxy) is 5. The Morgan fingerprint density at radius 3 is 2.34 bits per heavy atom. The van der Waals surface area contributed by atoms with Crippen LogP contribution in [0.25, 0.3) is 0 Å². The van der Waals surface area contributed by atoms with E-state index < -0.39 is 48.6 Å². The highest BCUT2D eigenvalue weighted by Crippen LogP contribution is 2.38. The molecule has 11 nitrogen and oxygen atoms in total. The average Bonchev–Trinajstić information content (AvgIpc) is 3.54. The molecule has 58 heavy (non-hydrogen) atoms. The summed E-state index contributed by atoms with van der Waals surface area (Å²) in [5, 5.41) is 41.7. The number of allylic oxidation sites excluding steroid dienone is 7. The van der Waals surface area contributed by atoms with Crippen molar-refractivity contribution >= 4 is 11.9 Å². The van der Waals surface area contributed by atoms with Crippen LogP contribution in [0.4, 0.5) is 0 Å². The summed E-state index contributed by atoms with van der Waals surface area (Å²) in [6.07, 6.45) is 28.3. The molecule has 0 aromatic rings. The van der Waals surface area contributed by atoms with E-state index in [-0.39, 0.29) is 67.2 Å². The first-order chi connectivity index (χ1) is 27.9. The van der Waals surface area contributed by atoms with Crippen LogP contribution in [0.1, 0.15) is 91.9 Å². The molecule has 6 rings (SSSR count). The van der Waals surface area contributed by atoms with Gasteiger partial charge in [-0.15, -0.1) is 0 Å². The highest BCUT2D eigenvalue weighted by Gasteiger charge is 2.45. The fraction of sp³-hybridized carbons (Fsp3) is 0.617. The van der Waals surface area contributed by atoms with Crippen LogP contribution >= 0.6 is 0 Å². The van der Waals surface area contributed by atoms with E-state index in [1.807, 2.05) is 62.5 Å². The summed E-state index contributed by atoms with van der Waals surface area (Å²) in [5.41, 5.74) is 0.945. The van der Waals surface area contributed by atoms with Gasteiger partial charge in [0.25, 0.3) is 0 Å². The number of carbonyl (C=O) groups excluding carboxylic acids is 1. The van der Waals surface area contributed by atoms with Gasteiger partial charge in [0.05, 0.1) is 42.7 Å². The molecule has 15 atom stereocenters. The van der Waals surface area contributed by atoms with E-state index in [0.717, 1.165) is 31.3 Å². The Morgan fingerprint density at radius 2 is 1.53 bits per heavy atom. The maximum Gasteiger partial charge on any atom is 0.331 e. The fourth-order valence-corrected chi connectivity index (χ4v) is 8.38. The van der Waals surface area contributed by atoms with Crippen LogP contribution in [-0.2, 0) is 33.3 Å². The molecule has 320 valence electrons. The largest absolute Gasteiger partial charge is 0.481 e. The van der Waals surface area contributed by atoms with E-state index in [1.165, 1.54) is 6.08 Å². The number of aliphatic hydroxyl groups is 3. The first-order valence-corrected chi connectivity index (χ1v) is 21.3. The minimum Gasteiger partial charge on any atom is -0.481 e. The van der Waals surface area contributed by atoms with Crippen molar-refractivity contribution in [3.8, 4) is 0 Å². The van der Waals surface area contributed by atoms with E-state index >= 15 is 0 Å². The Kier molecular flexibility index (Phi) is 18.0. The normalized spacial score (nSPS) is 38.9. The Balaban J connectivity index is 1.29. The second kappa shape index (κ2) is 22.8. The number of esters is 1. The van der Waals surface area contributed by atoms with Crippen LogP contribution in [0.3, 0.4) is 0 Å². The molecule has 0 radical (unpaired) electrons. The van der Waals surface area contributed by atoms with Gasteiger partial charge >= 0.3 is 11.9 Å². The Hall–Kier alpha value is -3.42. The van der Waals surface area contributed by atoms with Crippen molar-refractivity contribution in [2.75, 3.05) is 0 Å². The number of rotatable bonds is 7. The van der Waals surface area contributed by atoms with E-state index in [4.69, 9.17) is 28.8 Å². The van der Waals surface area contributed by atoms with Gasteiger partial charge in [0.1, 0.15) is 24.4 Å². The van der Waals surface area contributed by atoms with Gasteiger partial charge in [-0.1, -0.05) is 106 Å². The van der Waals surface area contributed by atoms with Crippen LogP contribution < -0.4 is 0 Å². The van der Waals surface area contributed by atoms with Crippen molar-refractivity contribution in [3.05, 3.63) is 96.7 Å². The van der Waals surface area contributed by atoms with Crippen LogP contribution in [0.15, 0.2) is 96.7 Å². The molecule has 0 aromatic carbocycles. The molecule has 11 heteroatoms. The van der Waals surface area contributed by atoms with Gasteiger partial charge in [-0.3, -0.25) is 4.79 Å². The summed E-state index contributed by atoms with van der Waals surface area (Å²) < 4.78 is 31.5. The Bertz CT molecular complexity index is 1570. The zero-order valence-electron chi connectivity index (χ0n) is 34.5.